The molecular formula is C14H17N3OS2. The molecule has 0 fully saturated rings. The van der Waals surface area contributed by atoms with E-state index in [1.807, 2.05) is 44.2 Å². The molecular weight excluding hydrogens is 290 g/mol. The van der Waals surface area contributed by atoms with Gasteiger partial charge < -0.3 is 5.32 Å². The number of aryl methyl sites for hydroxylation is 1. The molecule has 0 aliphatic rings. The van der Waals surface area contributed by atoms with Crippen LogP contribution in [0.2, 0.25) is 0 Å². The number of hydrogen-bond donors (Lipinski definition) is 1. The molecule has 0 aliphatic carbocycles. The monoisotopic (exact) mass is 307 g/mol. The maximum Gasteiger partial charge on any atom is 0.230 e. The molecule has 1 unspecified atom stereocenters. The molecule has 0 aliphatic heterocycles. The van der Waals surface area contributed by atoms with Crippen molar-refractivity contribution in [3.05, 3.63) is 47.3 Å². The lowest BCUT2D eigenvalue weighted by atomic mass is 10.1. The SMILES string of the molecule is Cc1nsnc1CSCC(=O)NC(C)c1ccccc1. The lowest BCUT2D eigenvalue weighted by molar-refractivity contribution is -0.119. The lowest BCUT2D eigenvalue weighted by Gasteiger charge is -2.13. The normalized spacial score (nSPS) is 12.1. The minimum Gasteiger partial charge on any atom is -0.349 e. The van der Waals surface area contributed by atoms with Crippen LogP contribution < -0.4 is 5.32 Å². The molecule has 1 atom stereocenters. The fourth-order valence-electron chi connectivity index (χ4n) is 1.73. The Labute approximate surface area is 127 Å². The van der Waals surface area contributed by atoms with Gasteiger partial charge in [-0.25, -0.2) is 0 Å². The second-order valence-electron chi connectivity index (χ2n) is 4.49. The summed E-state index contributed by atoms with van der Waals surface area (Å²) in [6.45, 7) is 3.93. The van der Waals surface area contributed by atoms with Crippen LogP contribution in [-0.4, -0.2) is 20.4 Å². The first kappa shape index (κ1) is 15.0. The number of carbonyl (C=O) groups excluding carboxylic acids is 1. The largest absolute Gasteiger partial charge is 0.349 e. The second kappa shape index (κ2) is 7.40. The van der Waals surface area contributed by atoms with Crippen LogP contribution in [0.15, 0.2) is 30.3 Å². The van der Waals surface area contributed by atoms with Gasteiger partial charge in [0.2, 0.25) is 5.91 Å². The number of thioether (sulfide) groups is 1. The Morgan fingerprint density at radius 2 is 2.10 bits per heavy atom. The number of benzene rings is 1. The van der Waals surface area contributed by atoms with Crippen molar-refractivity contribution < 1.29 is 4.79 Å². The predicted molar refractivity (Wildman–Crippen MR) is 83.8 cm³/mol. The number of nitrogens with one attached hydrogen (secondary N) is 1. The Hall–Kier alpha value is -1.40. The smallest absolute Gasteiger partial charge is 0.230 e. The predicted octanol–water partition coefficient (Wildman–Crippen LogP) is 2.96. The van der Waals surface area contributed by atoms with E-state index in [-0.39, 0.29) is 11.9 Å². The molecule has 1 N–H and O–H groups in total. The third kappa shape index (κ3) is 4.31. The second-order valence-corrected chi connectivity index (χ2v) is 6.00. The highest BCUT2D eigenvalue weighted by atomic mass is 32.2. The number of hydrogen-bond acceptors (Lipinski definition) is 5. The number of carbonyl (C=O) groups is 1. The van der Waals surface area contributed by atoms with Gasteiger partial charge >= 0.3 is 0 Å². The Kier molecular flexibility index (Phi) is 5.55. The van der Waals surface area contributed by atoms with Gasteiger partial charge in [-0.2, -0.15) is 8.75 Å². The van der Waals surface area contributed by atoms with E-state index in [1.54, 1.807) is 11.8 Å². The maximum atomic E-state index is 11.9. The summed E-state index contributed by atoms with van der Waals surface area (Å²) in [7, 11) is 0. The molecule has 1 aromatic carbocycles. The van der Waals surface area contributed by atoms with Crippen molar-refractivity contribution >= 4 is 29.4 Å². The minimum absolute atomic E-state index is 0.0342. The summed E-state index contributed by atoms with van der Waals surface area (Å²) in [5.74, 6) is 1.22. The van der Waals surface area contributed by atoms with Crippen molar-refractivity contribution in [2.75, 3.05) is 5.75 Å². The van der Waals surface area contributed by atoms with E-state index in [0.717, 1.165) is 22.7 Å². The Balaban J connectivity index is 1.74. The van der Waals surface area contributed by atoms with Gasteiger partial charge in [-0.15, -0.1) is 11.8 Å². The zero-order valence-corrected chi connectivity index (χ0v) is 13.1. The summed E-state index contributed by atoms with van der Waals surface area (Å²) in [5.41, 5.74) is 3.05. The summed E-state index contributed by atoms with van der Waals surface area (Å²) in [6, 6.07) is 9.99. The summed E-state index contributed by atoms with van der Waals surface area (Å²) >= 11 is 2.78. The first-order valence-electron chi connectivity index (χ1n) is 6.37. The van der Waals surface area contributed by atoms with Gasteiger partial charge in [-0.1, -0.05) is 30.3 Å². The Bertz CT molecular complexity index is 557. The topological polar surface area (TPSA) is 54.9 Å². The van der Waals surface area contributed by atoms with Crippen LogP contribution in [-0.2, 0) is 10.5 Å². The van der Waals surface area contributed by atoms with Gasteiger partial charge in [0, 0.05) is 5.75 Å². The quantitative estimate of drug-likeness (QED) is 0.891. The Morgan fingerprint density at radius 1 is 1.35 bits per heavy atom. The first-order valence-corrected chi connectivity index (χ1v) is 8.25. The van der Waals surface area contributed by atoms with E-state index in [4.69, 9.17) is 0 Å². The van der Waals surface area contributed by atoms with Crippen LogP contribution in [0.4, 0.5) is 0 Å². The standard InChI is InChI=1S/C14H17N3OS2/c1-10(12-6-4-3-5-7-12)15-14(18)9-19-8-13-11(2)16-20-17-13/h3-7,10H,8-9H2,1-2H3,(H,15,18). The third-order valence-electron chi connectivity index (χ3n) is 2.90. The number of nitrogens with zero attached hydrogens (tertiary/aromatic N) is 2. The van der Waals surface area contributed by atoms with Gasteiger partial charge in [0.25, 0.3) is 0 Å². The number of aromatic nitrogens is 2. The zero-order chi connectivity index (χ0) is 14.4. The van der Waals surface area contributed by atoms with Gasteiger partial charge in [0.05, 0.1) is 34.9 Å². The molecule has 1 aromatic heterocycles. The molecule has 6 heteroatoms. The molecule has 1 heterocycles. The summed E-state index contributed by atoms with van der Waals surface area (Å²) < 4.78 is 8.32. The van der Waals surface area contributed by atoms with Crippen molar-refractivity contribution in [2.45, 2.75) is 25.6 Å². The van der Waals surface area contributed by atoms with Crippen molar-refractivity contribution in [3.8, 4) is 0 Å². The van der Waals surface area contributed by atoms with Crippen LogP contribution in [0.1, 0.15) is 29.9 Å². The minimum atomic E-state index is 0.0342. The average molecular weight is 307 g/mol. The highest BCUT2D eigenvalue weighted by Gasteiger charge is 2.10. The molecule has 106 valence electrons. The van der Waals surface area contributed by atoms with Gasteiger partial charge in [0.1, 0.15) is 0 Å². The molecule has 0 saturated heterocycles. The van der Waals surface area contributed by atoms with Crippen molar-refractivity contribution in [3.63, 3.8) is 0 Å². The summed E-state index contributed by atoms with van der Waals surface area (Å²) in [6.07, 6.45) is 0. The van der Waals surface area contributed by atoms with E-state index >= 15 is 0 Å². The highest BCUT2D eigenvalue weighted by molar-refractivity contribution is 7.99. The van der Waals surface area contributed by atoms with Crippen LogP contribution in [0, 0.1) is 6.92 Å². The fraction of sp³-hybridized carbons (Fsp3) is 0.357. The molecule has 1 amide bonds. The molecule has 20 heavy (non-hydrogen) atoms. The van der Waals surface area contributed by atoms with Gasteiger partial charge in [-0.05, 0) is 19.4 Å². The highest BCUT2D eigenvalue weighted by Crippen LogP contribution is 2.15. The number of rotatable bonds is 6. The zero-order valence-electron chi connectivity index (χ0n) is 11.5. The van der Waals surface area contributed by atoms with Crippen LogP contribution >= 0.6 is 23.5 Å². The molecule has 0 saturated carbocycles. The third-order valence-corrected chi connectivity index (χ3v) is 4.50. The van der Waals surface area contributed by atoms with E-state index in [2.05, 4.69) is 14.1 Å². The van der Waals surface area contributed by atoms with Crippen LogP contribution in [0.3, 0.4) is 0 Å². The fourth-order valence-corrected chi connectivity index (χ4v) is 3.21. The van der Waals surface area contributed by atoms with E-state index < -0.39 is 0 Å². The molecule has 0 radical (unpaired) electrons. The van der Waals surface area contributed by atoms with E-state index in [9.17, 15) is 4.79 Å². The molecule has 4 nitrogen and oxygen atoms in total. The van der Waals surface area contributed by atoms with Crippen LogP contribution in [0.5, 0.6) is 0 Å². The van der Waals surface area contributed by atoms with Crippen molar-refractivity contribution in [2.24, 2.45) is 0 Å². The maximum absolute atomic E-state index is 11.9. The first-order chi connectivity index (χ1) is 9.66. The summed E-state index contributed by atoms with van der Waals surface area (Å²) in [4.78, 5) is 11.9. The Morgan fingerprint density at radius 3 is 2.75 bits per heavy atom. The lowest BCUT2D eigenvalue weighted by Crippen LogP contribution is -2.28. The van der Waals surface area contributed by atoms with Crippen molar-refractivity contribution in [1.82, 2.24) is 14.1 Å². The molecule has 0 spiro atoms. The summed E-state index contributed by atoms with van der Waals surface area (Å²) in [5, 5.41) is 3.00. The van der Waals surface area contributed by atoms with E-state index in [0.29, 0.717) is 5.75 Å². The van der Waals surface area contributed by atoms with Crippen molar-refractivity contribution in [1.29, 1.82) is 0 Å². The number of amides is 1. The van der Waals surface area contributed by atoms with E-state index in [1.165, 1.54) is 11.7 Å². The molecule has 2 aromatic rings. The average Bonchev–Trinajstić information content (AvgIpc) is 2.85. The molecule has 2 rings (SSSR count). The van der Waals surface area contributed by atoms with Gasteiger partial charge in [-0.3, -0.25) is 4.79 Å². The van der Waals surface area contributed by atoms with Crippen LogP contribution in [0.25, 0.3) is 0 Å². The molecule has 0 bridgehead atoms. The van der Waals surface area contributed by atoms with Gasteiger partial charge in [0.15, 0.2) is 0 Å².